The topological polar surface area (TPSA) is 126 Å². The number of pyridine rings is 1. The van der Waals surface area contributed by atoms with Gasteiger partial charge in [0.25, 0.3) is 5.91 Å². The van der Waals surface area contributed by atoms with Gasteiger partial charge in [-0.3, -0.25) is 19.1 Å². The average Bonchev–Trinajstić information content (AvgIpc) is 3.38. The minimum absolute atomic E-state index is 0.00844. The molecule has 3 aromatic rings. The zero-order valence-electron chi connectivity index (χ0n) is 19.8. The Hall–Kier alpha value is -3.41. The molecule has 3 aliphatic rings. The lowest BCUT2D eigenvalue weighted by atomic mass is 10.00. The molecule has 1 saturated heterocycles. The minimum Gasteiger partial charge on any atom is -0.501 e. The van der Waals surface area contributed by atoms with E-state index in [1.807, 2.05) is 0 Å². The van der Waals surface area contributed by atoms with E-state index in [1.165, 1.54) is 34.0 Å². The first-order chi connectivity index (χ1) is 18.2. The number of hydrogen-bond acceptors (Lipinski definition) is 8. The van der Waals surface area contributed by atoms with Crippen LogP contribution in [0, 0.1) is 0 Å². The van der Waals surface area contributed by atoms with E-state index >= 15 is 0 Å². The number of rotatable bonds is 5. The van der Waals surface area contributed by atoms with E-state index in [-0.39, 0.29) is 35.5 Å². The number of sulfone groups is 1. The van der Waals surface area contributed by atoms with Crippen molar-refractivity contribution in [1.82, 2.24) is 24.3 Å². The molecule has 38 heavy (non-hydrogen) atoms. The molecule has 0 radical (unpaired) electrons. The Morgan fingerprint density at radius 2 is 1.87 bits per heavy atom. The molecule has 0 saturated carbocycles. The molecule has 0 aliphatic carbocycles. The first kappa shape index (κ1) is 24.9. The normalized spacial score (nSPS) is 18.6. The molecule has 0 spiro atoms. The Balaban J connectivity index is 1.53. The molecule has 10 nitrogen and oxygen atoms in total. The highest BCUT2D eigenvalue weighted by atomic mass is 35.5. The van der Waals surface area contributed by atoms with Crippen LogP contribution in [0.5, 0.6) is 5.75 Å². The van der Waals surface area contributed by atoms with Gasteiger partial charge in [-0.2, -0.15) is 4.98 Å². The molecule has 0 unspecified atom stereocenters. The highest BCUT2D eigenvalue weighted by molar-refractivity contribution is 7.91. The average molecular weight is 574 g/mol. The molecule has 196 valence electrons. The molecule has 1 fully saturated rings. The molecular weight excluding hydrogens is 553 g/mol. The molecule has 5 heterocycles. The summed E-state index contributed by atoms with van der Waals surface area (Å²) in [5, 5.41) is 11.5. The molecule has 1 atom stereocenters. The Morgan fingerprint density at radius 3 is 2.58 bits per heavy atom. The predicted molar refractivity (Wildman–Crippen MR) is 141 cm³/mol. The molecule has 1 amide bonds. The molecule has 1 N–H and O–H groups in total. The fourth-order valence-corrected chi connectivity index (χ4v) is 7.20. The van der Waals surface area contributed by atoms with Gasteiger partial charge in [0.15, 0.2) is 15.5 Å². The van der Waals surface area contributed by atoms with Crippen LogP contribution in [0.15, 0.2) is 52.4 Å². The quantitative estimate of drug-likeness (QED) is 0.493. The molecule has 3 aliphatic heterocycles. The summed E-state index contributed by atoms with van der Waals surface area (Å²) in [5.74, 6) is -1.47. The fourth-order valence-electron chi connectivity index (χ4n) is 5.42. The zero-order valence-corrected chi connectivity index (χ0v) is 22.2. The number of aromatic hydroxyl groups is 1. The second-order valence-electron chi connectivity index (χ2n) is 9.29. The van der Waals surface area contributed by atoms with Crippen molar-refractivity contribution in [1.29, 1.82) is 0 Å². The van der Waals surface area contributed by atoms with E-state index < -0.39 is 27.1 Å². The maximum atomic E-state index is 13.6. The van der Waals surface area contributed by atoms with Gasteiger partial charge in [0, 0.05) is 31.0 Å². The van der Waals surface area contributed by atoms with Crippen LogP contribution in [-0.4, -0.2) is 69.2 Å². The van der Waals surface area contributed by atoms with Crippen molar-refractivity contribution < 1.29 is 18.3 Å². The van der Waals surface area contributed by atoms with Gasteiger partial charge >= 0.3 is 5.56 Å². The number of aromatic nitrogens is 3. The Kier molecular flexibility index (Phi) is 5.97. The number of amides is 1. The number of carbonyl (C=O) groups is 1. The summed E-state index contributed by atoms with van der Waals surface area (Å²) in [5.41, 5.74) is 0.602. The summed E-state index contributed by atoms with van der Waals surface area (Å²) in [7, 11) is -3.76. The lowest BCUT2D eigenvalue weighted by molar-refractivity contribution is 0.0751. The van der Waals surface area contributed by atoms with Gasteiger partial charge in [0.05, 0.1) is 44.7 Å². The summed E-state index contributed by atoms with van der Waals surface area (Å²) in [6.45, 7) is 0.448. The number of hydrogen-bond donors (Lipinski definition) is 1. The van der Waals surface area contributed by atoms with Crippen molar-refractivity contribution in [3.05, 3.63) is 80.2 Å². The van der Waals surface area contributed by atoms with E-state index in [9.17, 15) is 23.1 Å². The third-order valence-electron chi connectivity index (χ3n) is 7.13. The molecule has 2 aromatic heterocycles. The van der Waals surface area contributed by atoms with Gasteiger partial charge in [0.2, 0.25) is 5.75 Å². The number of benzene rings is 1. The largest absolute Gasteiger partial charge is 0.501 e. The van der Waals surface area contributed by atoms with Gasteiger partial charge in [0.1, 0.15) is 5.82 Å². The maximum Gasteiger partial charge on any atom is 0.316 e. The van der Waals surface area contributed by atoms with E-state index in [1.54, 1.807) is 18.2 Å². The standard InChI is InChI=1S/C25H21Cl2N5O5S/c26-15-5-1-6-16(27)19(15)20-18-13-30(10-11-38(36,37)14-4-2-8-28-12-14)25(35)21-22(33)24(34)29-23(32(18)21)17-7-3-9-31(17)20/h1-2,4-6,8,12,17,33H,3,7,9-11,13H2/t17-/m0/s1. The number of fused-ring (bicyclic) bond motifs is 2. The van der Waals surface area contributed by atoms with Crippen molar-refractivity contribution in [2.75, 3.05) is 25.4 Å². The van der Waals surface area contributed by atoms with Crippen molar-refractivity contribution >= 4 is 50.3 Å². The molecule has 13 heteroatoms. The minimum atomic E-state index is -3.76. The fraction of sp³-hybridized carbons (Fsp3) is 0.280. The number of carbonyl (C=O) groups excluding carboxylic acids is 1. The summed E-state index contributed by atoms with van der Waals surface area (Å²) < 4.78 is 27.4. The van der Waals surface area contributed by atoms with Crippen LogP contribution in [0.4, 0.5) is 0 Å². The lowest BCUT2D eigenvalue weighted by Gasteiger charge is -2.43. The summed E-state index contributed by atoms with van der Waals surface area (Å²) >= 11 is 13.3. The van der Waals surface area contributed by atoms with Crippen molar-refractivity contribution in [3.63, 3.8) is 0 Å². The van der Waals surface area contributed by atoms with Gasteiger partial charge in [-0.15, -0.1) is 0 Å². The van der Waals surface area contributed by atoms with Gasteiger partial charge in [-0.05, 0) is 37.1 Å². The van der Waals surface area contributed by atoms with Crippen LogP contribution >= 0.6 is 23.2 Å². The van der Waals surface area contributed by atoms with E-state index in [4.69, 9.17) is 23.2 Å². The van der Waals surface area contributed by atoms with Crippen LogP contribution in [0.25, 0.3) is 11.4 Å². The summed E-state index contributed by atoms with van der Waals surface area (Å²) in [6.07, 6.45) is 4.20. The van der Waals surface area contributed by atoms with Crippen molar-refractivity contribution in [2.45, 2.75) is 23.8 Å². The van der Waals surface area contributed by atoms with E-state index in [0.717, 1.165) is 6.42 Å². The smallest absolute Gasteiger partial charge is 0.316 e. The van der Waals surface area contributed by atoms with Crippen LogP contribution in [-0.2, 0) is 9.84 Å². The Morgan fingerprint density at radius 1 is 1.11 bits per heavy atom. The highest BCUT2D eigenvalue weighted by Crippen LogP contribution is 2.49. The van der Waals surface area contributed by atoms with Crippen LogP contribution in [0.3, 0.4) is 0 Å². The van der Waals surface area contributed by atoms with Gasteiger partial charge < -0.3 is 14.9 Å². The predicted octanol–water partition coefficient (Wildman–Crippen LogP) is 3.06. The van der Waals surface area contributed by atoms with E-state index in [0.29, 0.717) is 45.8 Å². The monoisotopic (exact) mass is 573 g/mol. The number of halogens is 2. The molecule has 0 bridgehead atoms. The van der Waals surface area contributed by atoms with Crippen LogP contribution < -0.4 is 5.56 Å². The highest BCUT2D eigenvalue weighted by Gasteiger charge is 2.45. The Bertz CT molecular complexity index is 1670. The van der Waals surface area contributed by atoms with Crippen molar-refractivity contribution in [2.24, 2.45) is 0 Å². The molecule has 6 rings (SSSR count). The van der Waals surface area contributed by atoms with Crippen LogP contribution in [0.1, 0.15) is 40.8 Å². The van der Waals surface area contributed by atoms with Crippen LogP contribution in [0.2, 0.25) is 10.0 Å². The third kappa shape index (κ3) is 3.79. The lowest BCUT2D eigenvalue weighted by Crippen LogP contribution is -2.48. The molecular formula is C25H21Cl2N5O5S. The third-order valence-corrected chi connectivity index (χ3v) is 9.44. The second-order valence-corrected chi connectivity index (χ2v) is 12.2. The second kappa shape index (κ2) is 9.11. The SMILES string of the molecule is O=C1c2c(O)c(=O)nc3n2C(=C(c2c(Cl)cccc2Cl)N2CCC[C@@H]32)CN1CCS(=O)(=O)c1cccnc1. The van der Waals surface area contributed by atoms with Crippen molar-refractivity contribution in [3.8, 4) is 5.75 Å². The first-order valence-electron chi connectivity index (χ1n) is 11.9. The van der Waals surface area contributed by atoms with Gasteiger partial charge in [-0.1, -0.05) is 29.3 Å². The zero-order chi connectivity index (χ0) is 26.8. The molecule has 1 aromatic carbocycles. The summed E-state index contributed by atoms with van der Waals surface area (Å²) in [6, 6.07) is 7.79. The van der Waals surface area contributed by atoms with E-state index in [2.05, 4.69) is 14.9 Å². The summed E-state index contributed by atoms with van der Waals surface area (Å²) in [4.78, 5) is 37.8. The maximum absolute atomic E-state index is 13.6. The number of nitrogens with zero attached hydrogens (tertiary/aromatic N) is 5. The first-order valence-corrected chi connectivity index (χ1v) is 14.3. The van der Waals surface area contributed by atoms with Gasteiger partial charge in [-0.25, -0.2) is 8.42 Å². The Labute approximate surface area is 227 Å².